The van der Waals surface area contributed by atoms with Gasteiger partial charge >= 0.3 is 18.1 Å². The van der Waals surface area contributed by atoms with Gasteiger partial charge in [-0.1, -0.05) is 44.6 Å². The third-order valence-electron chi connectivity index (χ3n) is 11.6. The number of allylic oxidation sites excluding steroid dienone is 6. The van der Waals surface area contributed by atoms with Crippen molar-refractivity contribution >= 4 is 35.6 Å². The van der Waals surface area contributed by atoms with Crippen molar-refractivity contribution in [2.75, 3.05) is 13.4 Å². The molecular weight excluding hydrogens is 652 g/mol. The van der Waals surface area contributed by atoms with Gasteiger partial charge in [0.2, 0.25) is 18.5 Å². The number of ether oxygens (including phenoxy) is 4. The van der Waals surface area contributed by atoms with Gasteiger partial charge < -0.3 is 40.6 Å². The highest BCUT2D eigenvalue weighted by atomic mass is 16.8. The van der Waals surface area contributed by atoms with E-state index in [-0.39, 0.29) is 48.7 Å². The third-order valence-corrected chi connectivity index (χ3v) is 11.6. The van der Waals surface area contributed by atoms with Gasteiger partial charge in [0.05, 0.1) is 18.9 Å². The topological polar surface area (TPSA) is 232 Å². The number of primary amides is 1. The highest BCUT2D eigenvalue weighted by Crippen LogP contribution is 2.67. The second-order valence-corrected chi connectivity index (χ2v) is 14.6. The van der Waals surface area contributed by atoms with Gasteiger partial charge in [0.15, 0.2) is 12.4 Å². The molecule has 3 unspecified atom stereocenters. The molecule has 4 aliphatic carbocycles. The smallest absolute Gasteiger partial charge is 0.457 e. The summed E-state index contributed by atoms with van der Waals surface area (Å²) in [6, 6.07) is -1.52. The molecule has 4 aliphatic rings. The second kappa shape index (κ2) is 15.6. The molecule has 0 bridgehead atoms. The molecule has 14 nitrogen and oxygen atoms in total. The molecule has 0 heterocycles. The lowest BCUT2D eigenvalue weighted by Crippen LogP contribution is -2.61. The molecule has 0 aromatic carbocycles. The Hall–Kier alpha value is -3.88. The number of rotatable bonds is 14. The molecular formula is C36H50N2O12. The quantitative estimate of drug-likeness (QED) is 0.0882. The summed E-state index contributed by atoms with van der Waals surface area (Å²) < 4.78 is 19.8. The van der Waals surface area contributed by atoms with Crippen LogP contribution in [0.1, 0.15) is 79.1 Å². The van der Waals surface area contributed by atoms with E-state index in [0.29, 0.717) is 19.3 Å². The van der Waals surface area contributed by atoms with E-state index >= 15 is 0 Å². The Balaban J connectivity index is 1.26. The van der Waals surface area contributed by atoms with Crippen LogP contribution in [0.5, 0.6) is 0 Å². The summed E-state index contributed by atoms with van der Waals surface area (Å²) in [5, 5.41) is 23.4. The van der Waals surface area contributed by atoms with Crippen LogP contribution in [-0.2, 0) is 42.9 Å². The van der Waals surface area contributed by atoms with Crippen molar-refractivity contribution in [2.24, 2.45) is 46.0 Å². The number of amides is 1. The fourth-order valence-electron chi connectivity index (χ4n) is 8.84. The van der Waals surface area contributed by atoms with E-state index in [0.717, 1.165) is 12.0 Å². The molecule has 1 amide bonds. The molecule has 6 N–H and O–H groups in total. The number of Topliss-reactive ketones (excluding diaryl/α,β-unsaturated/α-hetero) is 1. The number of ketones is 2. The van der Waals surface area contributed by atoms with Crippen LogP contribution >= 0.6 is 0 Å². The van der Waals surface area contributed by atoms with Crippen LogP contribution in [-0.4, -0.2) is 83.0 Å². The van der Waals surface area contributed by atoms with Crippen LogP contribution in [0.3, 0.4) is 0 Å². The summed E-state index contributed by atoms with van der Waals surface area (Å²) in [6.07, 6.45) is 7.69. The molecule has 14 heteroatoms. The van der Waals surface area contributed by atoms with Crippen molar-refractivity contribution in [1.29, 1.82) is 0 Å². The fraction of sp³-hybridized carbons (Fsp3) is 0.667. The number of hydrogen-bond donors (Lipinski definition) is 4. The van der Waals surface area contributed by atoms with Gasteiger partial charge in [-0.3, -0.25) is 24.0 Å². The van der Waals surface area contributed by atoms with E-state index in [4.69, 9.17) is 30.4 Å². The lowest BCUT2D eigenvalue weighted by atomic mass is 9.46. The highest BCUT2D eigenvalue weighted by Gasteiger charge is 2.68. The van der Waals surface area contributed by atoms with Gasteiger partial charge in [-0.2, -0.15) is 0 Å². The van der Waals surface area contributed by atoms with Gasteiger partial charge in [0.1, 0.15) is 17.7 Å². The van der Waals surface area contributed by atoms with Crippen LogP contribution < -0.4 is 11.5 Å². The number of fused-ring (bicyclic) bond motifs is 5. The molecule has 0 aromatic rings. The molecule has 0 aliphatic heterocycles. The van der Waals surface area contributed by atoms with Crippen molar-refractivity contribution in [3.8, 4) is 0 Å². The minimum Gasteiger partial charge on any atom is -0.457 e. The first kappa shape index (κ1) is 38.9. The molecule has 0 radical (unpaired) electrons. The summed E-state index contributed by atoms with van der Waals surface area (Å²) in [4.78, 5) is 73.9. The summed E-state index contributed by atoms with van der Waals surface area (Å²) >= 11 is 0. The summed E-state index contributed by atoms with van der Waals surface area (Å²) in [5.41, 5.74) is 8.69. The molecule has 0 aromatic heterocycles. The average molecular weight is 703 g/mol. The van der Waals surface area contributed by atoms with Gasteiger partial charge in [-0.25, -0.2) is 4.79 Å². The van der Waals surface area contributed by atoms with Crippen molar-refractivity contribution in [2.45, 2.75) is 103 Å². The first-order valence-corrected chi connectivity index (χ1v) is 17.2. The maximum atomic E-state index is 13.5. The summed E-state index contributed by atoms with van der Waals surface area (Å²) in [6.45, 7) is 5.79. The molecule has 4 rings (SSSR count). The zero-order valence-electron chi connectivity index (χ0n) is 29.1. The van der Waals surface area contributed by atoms with E-state index < -0.39 is 84.3 Å². The Kier molecular flexibility index (Phi) is 12.1. The van der Waals surface area contributed by atoms with E-state index in [1.54, 1.807) is 25.2 Å². The standard InChI is InChI=1S/C36H50N2O12/c1-5-6-7-20(2)27(16-29(38)42)50-33(45)49-19-48-32(44)25(37)15-30(43)47-18-28(41)36(46)13-11-24-23-9-8-21-14-22(39)10-12-34(21,3)31(23)26(40)17-35(24,36)4/h5-6,10,12,14,20,23-27,31,40,46H,7-9,11,13,15-19,37H2,1-4H3,(H2,38,42)/b6-5+/t20-,23?,24?,25+,26+,27+,31?,34+,35+,36+/m1/s1. The van der Waals surface area contributed by atoms with Crippen LogP contribution in [0.2, 0.25) is 0 Å². The Labute approximate surface area is 291 Å². The average Bonchev–Trinajstić information content (AvgIpc) is 3.32. The Morgan fingerprint density at radius 1 is 1.10 bits per heavy atom. The maximum Gasteiger partial charge on any atom is 0.511 e. The van der Waals surface area contributed by atoms with E-state index in [2.05, 4.69) is 0 Å². The number of carbonyl (C=O) groups excluding carboxylic acids is 6. The van der Waals surface area contributed by atoms with Crippen molar-refractivity contribution in [3.63, 3.8) is 0 Å². The van der Waals surface area contributed by atoms with Crippen LogP contribution in [0.4, 0.5) is 4.79 Å². The van der Waals surface area contributed by atoms with Crippen LogP contribution in [0.15, 0.2) is 36.0 Å². The first-order valence-electron chi connectivity index (χ1n) is 17.2. The third kappa shape index (κ3) is 7.87. The van der Waals surface area contributed by atoms with Crippen LogP contribution in [0, 0.1) is 34.5 Å². The molecule has 10 atom stereocenters. The Morgan fingerprint density at radius 2 is 1.82 bits per heavy atom. The van der Waals surface area contributed by atoms with Gasteiger partial charge in [-0.05, 0) is 75.4 Å². The minimum atomic E-state index is -1.85. The number of hydrogen-bond acceptors (Lipinski definition) is 13. The maximum absolute atomic E-state index is 13.5. The molecule has 3 saturated carbocycles. The lowest BCUT2D eigenvalue weighted by Gasteiger charge is -2.59. The largest absolute Gasteiger partial charge is 0.511 e. The predicted octanol–water partition coefficient (Wildman–Crippen LogP) is 2.33. The summed E-state index contributed by atoms with van der Waals surface area (Å²) in [5.74, 6) is -4.03. The highest BCUT2D eigenvalue weighted by molar-refractivity contribution is 6.01. The normalized spacial score (nSPS) is 33.2. The summed E-state index contributed by atoms with van der Waals surface area (Å²) in [7, 11) is 0. The monoisotopic (exact) mass is 702 g/mol. The number of nitrogens with two attached hydrogens (primary N) is 2. The molecule has 3 fully saturated rings. The number of aliphatic hydroxyl groups excluding tert-OH is 1. The predicted molar refractivity (Wildman–Crippen MR) is 176 cm³/mol. The Bertz CT molecular complexity index is 1460. The van der Waals surface area contributed by atoms with Crippen molar-refractivity contribution < 1.29 is 57.9 Å². The Morgan fingerprint density at radius 3 is 2.50 bits per heavy atom. The lowest BCUT2D eigenvalue weighted by molar-refractivity contribution is -0.181. The van der Waals surface area contributed by atoms with Gasteiger partial charge in [0.25, 0.3) is 0 Å². The van der Waals surface area contributed by atoms with Crippen molar-refractivity contribution in [1.82, 2.24) is 0 Å². The van der Waals surface area contributed by atoms with E-state index in [1.807, 2.05) is 32.9 Å². The zero-order valence-corrected chi connectivity index (χ0v) is 29.1. The molecule has 0 spiro atoms. The van der Waals surface area contributed by atoms with E-state index in [1.165, 1.54) is 0 Å². The number of carbonyl (C=O) groups is 6. The van der Waals surface area contributed by atoms with Crippen LogP contribution in [0.25, 0.3) is 0 Å². The minimum absolute atomic E-state index is 0.00586. The first-order chi connectivity index (χ1) is 23.5. The van der Waals surface area contributed by atoms with Crippen molar-refractivity contribution in [3.05, 3.63) is 36.0 Å². The second-order valence-electron chi connectivity index (χ2n) is 14.6. The molecule has 50 heavy (non-hydrogen) atoms. The van der Waals surface area contributed by atoms with E-state index in [9.17, 15) is 39.0 Å². The van der Waals surface area contributed by atoms with Gasteiger partial charge in [-0.15, -0.1) is 0 Å². The SMILES string of the molecule is C/C=C/C[C@@H](C)[C@H](CC(N)=O)OC(=O)OCOC(=O)[C@@H](N)CC(=O)OCC(=O)[C@@]1(O)CCC2C3CCC4=CC(=O)C=C[C@]4(C)C3[C@@H](O)C[C@@]21C. The number of esters is 2. The zero-order chi connectivity index (χ0) is 37.0. The fourth-order valence-corrected chi connectivity index (χ4v) is 8.84. The number of aliphatic hydroxyl groups is 2. The molecule has 276 valence electrons. The van der Waals surface area contributed by atoms with Gasteiger partial charge in [0, 0.05) is 16.7 Å². The molecule has 0 saturated heterocycles.